The molecule has 1 saturated carbocycles. The van der Waals surface area contributed by atoms with Crippen molar-refractivity contribution >= 4 is 17.3 Å². The molecule has 0 aliphatic heterocycles. The lowest BCUT2D eigenvalue weighted by Gasteiger charge is -2.16. The van der Waals surface area contributed by atoms with Crippen molar-refractivity contribution in [2.24, 2.45) is 0 Å². The fraction of sp³-hybridized carbons (Fsp3) is 0.692. The number of nitrogens with one attached hydrogen (secondary N) is 1. The maximum absolute atomic E-state index is 12.0. The maximum atomic E-state index is 12.0. The van der Waals surface area contributed by atoms with E-state index in [0.29, 0.717) is 17.8 Å². The molecule has 0 spiro atoms. The van der Waals surface area contributed by atoms with Gasteiger partial charge in [-0.05, 0) is 33.1 Å². The molecule has 1 aliphatic rings. The Labute approximate surface area is 117 Å². The molecule has 1 aliphatic carbocycles. The molecule has 5 nitrogen and oxygen atoms in total. The zero-order valence-corrected chi connectivity index (χ0v) is 12.3. The standard InChI is InChI=1S/C13H20ClN3O2/c1-8(2)17-13(18)12(14)11(7-15-17)16-9-4-5-10(6-9)19-3/h7-10,16H,4-6H2,1-3H3. The summed E-state index contributed by atoms with van der Waals surface area (Å²) in [5.41, 5.74) is 0.369. The van der Waals surface area contributed by atoms with Crippen LogP contribution < -0.4 is 10.9 Å². The summed E-state index contributed by atoms with van der Waals surface area (Å²) in [4.78, 5) is 12.0. The van der Waals surface area contributed by atoms with E-state index < -0.39 is 0 Å². The zero-order valence-electron chi connectivity index (χ0n) is 11.5. The number of hydrogen-bond donors (Lipinski definition) is 1. The van der Waals surface area contributed by atoms with Crippen LogP contribution in [0.15, 0.2) is 11.0 Å². The van der Waals surface area contributed by atoms with E-state index >= 15 is 0 Å². The highest BCUT2D eigenvalue weighted by atomic mass is 35.5. The second-order valence-corrected chi connectivity index (χ2v) is 5.61. The molecule has 6 heteroatoms. The largest absolute Gasteiger partial charge is 0.381 e. The van der Waals surface area contributed by atoms with Crippen molar-refractivity contribution in [2.45, 2.75) is 51.3 Å². The Hall–Kier alpha value is -1.07. The van der Waals surface area contributed by atoms with Crippen LogP contribution in [0, 0.1) is 0 Å². The van der Waals surface area contributed by atoms with Crippen LogP contribution in [0.2, 0.25) is 5.02 Å². The van der Waals surface area contributed by atoms with Gasteiger partial charge in [0.1, 0.15) is 5.02 Å². The van der Waals surface area contributed by atoms with Gasteiger partial charge in [-0.3, -0.25) is 4.79 Å². The molecule has 1 aromatic heterocycles. The van der Waals surface area contributed by atoms with E-state index in [0.717, 1.165) is 19.3 Å². The Bertz CT molecular complexity index is 501. The van der Waals surface area contributed by atoms with Crippen LogP contribution in [0.4, 0.5) is 5.69 Å². The summed E-state index contributed by atoms with van der Waals surface area (Å²) in [5.74, 6) is 0. The summed E-state index contributed by atoms with van der Waals surface area (Å²) in [5, 5.41) is 7.65. The topological polar surface area (TPSA) is 56.1 Å². The Morgan fingerprint density at radius 1 is 1.53 bits per heavy atom. The molecule has 1 fully saturated rings. The van der Waals surface area contributed by atoms with E-state index in [1.165, 1.54) is 4.68 Å². The van der Waals surface area contributed by atoms with E-state index in [1.807, 2.05) is 13.8 Å². The first-order valence-electron chi connectivity index (χ1n) is 6.59. The minimum Gasteiger partial charge on any atom is -0.381 e. The number of hydrogen-bond acceptors (Lipinski definition) is 4. The molecule has 19 heavy (non-hydrogen) atoms. The Morgan fingerprint density at radius 2 is 2.26 bits per heavy atom. The van der Waals surface area contributed by atoms with Gasteiger partial charge in [0, 0.05) is 13.2 Å². The van der Waals surface area contributed by atoms with Crippen molar-refractivity contribution in [3.05, 3.63) is 21.6 Å². The highest BCUT2D eigenvalue weighted by Crippen LogP contribution is 2.26. The highest BCUT2D eigenvalue weighted by molar-refractivity contribution is 6.32. The van der Waals surface area contributed by atoms with Gasteiger partial charge in [-0.2, -0.15) is 5.10 Å². The predicted molar refractivity (Wildman–Crippen MR) is 76.0 cm³/mol. The fourth-order valence-corrected chi connectivity index (χ4v) is 2.61. The SMILES string of the molecule is COC1CCC(Nc2cnn(C(C)C)c(=O)c2Cl)C1. The van der Waals surface area contributed by atoms with Crippen LogP contribution in [0.3, 0.4) is 0 Å². The lowest BCUT2D eigenvalue weighted by atomic mass is 10.2. The third-order valence-corrected chi connectivity index (χ3v) is 3.88. The molecule has 2 atom stereocenters. The third-order valence-electron chi connectivity index (χ3n) is 3.51. The van der Waals surface area contributed by atoms with Crippen LogP contribution in [0.25, 0.3) is 0 Å². The van der Waals surface area contributed by atoms with Gasteiger partial charge in [0.15, 0.2) is 0 Å². The summed E-state index contributed by atoms with van der Waals surface area (Å²) in [6.45, 7) is 3.80. The van der Waals surface area contributed by atoms with Gasteiger partial charge in [0.25, 0.3) is 5.56 Å². The average molecular weight is 286 g/mol. The smallest absolute Gasteiger partial charge is 0.287 e. The first-order chi connectivity index (χ1) is 9.02. The van der Waals surface area contributed by atoms with Gasteiger partial charge in [0.05, 0.1) is 24.0 Å². The number of rotatable bonds is 4. The molecule has 0 radical (unpaired) electrons. The van der Waals surface area contributed by atoms with Crippen molar-refractivity contribution < 1.29 is 4.74 Å². The summed E-state index contributed by atoms with van der Waals surface area (Å²) in [6.07, 6.45) is 4.90. The molecule has 0 amide bonds. The van der Waals surface area contributed by atoms with Gasteiger partial charge < -0.3 is 10.1 Å². The molecule has 1 heterocycles. The second kappa shape index (κ2) is 5.92. The molecular weight excluding hydrogens is 266 g/mol. The molecule has 2 rings (SSSR count). The predicted octanol–water partition coefficient (Wildman–Crippen LogP) is 2.46. The number of aromatic nitrogens is 2. The monoisotopic (exact) mass is 285 g/mol. The molecular formula is C13H20ClN3O2. The van der Waals surface area contributed by atoms with Gasteiger partial charge in [-0.15, -0.1) is 0 Å². The number of anilines is 1. The summed E-state index contributed by atoms with van der Waals surface area (Å²) >= 11 is 6.12. The molecule has 0 saturated heterocycles. The first-order valence-corrected chi connectivity index (χ1v) is 6.97. The van der Waals surface area contributed by atoms with Crippen LogP contribution in [-0.4, -0.2) is 29.0 Å². The van der Waals surface area contributed by atoms with E-state index in [9.17, 15) is 4.79 Å². The maximum Gasteiger partial charge on any atom is 0.287 e. The highest BCUT2D eigenvalue weighted by Gasteiger charge is 2.25. The fourth-order valence-electron chi connectivity index (χ4n) is 2.42. The van der Waals surface area contributed by atoms with E-state index in [-0.39, 0.29) is 16.6 Å². The van der Waals surface area contributed by atoms with Crippen molar-refractivity contribution in [1.29, 1.82) is 0 Å². The van der Waals surface area contributed by atoms with Gasteiger partial charge >= 0.3 is 0 Å². The summed E-state index contributed by atoms with van der Waals surface area (Å²) in [7, 11) is 1.73. The average Bonchev–Trinajstić information content (AvgIpc) is 2.82. The first kappa shape index (κ1) is 14.3. The number of methoxy groups -OCH3 is 1. The lowest BCUT2D eigenvalue weighted by molar-refractivity contribution is 0.108. The van der Waals surface area contributed by atoms with E-state index in [2.05, 4.69) is 10.4 Å². The minimum atomic E-state index is -0.247. The number of halogens is 1. The van der Waals surface area contributed by atoms with Crippen LogP contribution >= 0.6 is 11.6 Å². The Morgan fingerprint density at radius 3 is 2.84 bits per heavy atom. The number of nitrogens with zero attached hydrogens (tertiary/aromatic N) is 2. The van der Waals surface area contributed by atoms with Crippen LogP contribution in [-0.2, 0) is 4.74 Å². The van der Waals surface area contributed by atoms with Crippen LogP contribution in [0.5, 0.6) is 0 Å². The molecule has 0 bridgehead atoms. The Kier molecular flexibility index (Phi) is 4.47. The number of ether oxygens (including phenoxy) is 1. The normalized spacial score (nSPS) is 23.0. The minimum absolute atomic E-state index is 0.00315. The van der Waals surface area contributed by atoms with Crippen molar-refractivity contribution in [3.63, 3.8) is 0 Å². The van der Waals surface area contributed by atoms with E-state index in [4.69, 9.17) is 16.3 Å². The summed E-state index contributed by atoms with van der Waals surface area (Å²) < 4.78 is 6.72. The van der Waals surface area contributed by atoms with Crippen molar-refractivity contribution in [2.75, 3.05) is 12.4 Å². The molecule has 2 unspecified atom stereocenters. The van der Waals surface area contributed by atoms with Gasteiger partial charge in [-0.25, -0.2) is 4.68 Å². The van der Waals surface area contributed by atoms with Crippen molar-refractivity contribution in [3.8, 4) is 0 Å². The second-order valence-electron chi connectivity index (χ2n) is 5.23. The molecule has 106 valence electrons. The molecule has 1 aromatic rings. The third kappa shape index (κ3) is 3.09. The summed E-state index contributed by atoms with van der Waals surface area (Å²) in [6, 6.07) is 0.293. The zero-order chi connectivity index (χ0) is 14.0. The van der Waals surface area contributed by atoms with E-state index in [1.54, 1.807) is 13.3 Å². The quantitative estimate of drug-likeness (QED) is 0.923. The lowest BCUT2D eigenvalue weighted by Crippen LogP contribution is -2.27. The van der Waals surface area contributed by atoms with Gasteiger partial charge in [0.2, 0.25) is 0 Å². The molecule has 1 N–H and O–H groups in total. The molecule has 0 aromatic carbocycles. The van der Waals surface area contributed by atoms with Crippen molar-refractivity contribution in [1.82, 2.24) is 9.78 Å². The Balaban J connectivity index is 2.14. The van der Waals surface area contributed by atoms with Gasteiger partial charge in [-0.1, -0.05) is 11.6 Å². The van der Waals surface area contributed by atoms with Crippen LogP contribution in [0.1, 0.15) is 39.2 Å².